The quantitative estimate of drug-likeness (QED) is 0.851. The van der Waals surface area contributed by atoms with Gasteiger partial charge in [-0.15, -0.1) is 0 Å². The lowest BCUT2D eigenvalue weighted by molar-refractivity contribution is -0.137. The molecule has 0 aliphatic carbocycles. The first-order valence-electron chi connectivity index (χ1n) is 8.08. The van der Waals surface area contributed by atoms with Gasteiger partial charge in [0, 0.05) is 19.0 Å². The van der Waals surface area contributed by atoms with E-state index in [1.807, 2.05) is 13.8 Å². The number of carbonyl (C=O) groups is 2. The Hall–Kier alpha value is -2.25. The second kappa shape index (κ2) is 7.76. The lowest BCUT2D eigenvalue weighted by atomic mass is 10.0. The molecule has 8 heteroatoms. The van der Waals surface area contributed by atoms with Crippen molar-refractivity contribution in [2.75, 3.05) is 13.2 Å². The van der Waals surface area contributed by atoms with Gasteiger partial charge in [0.15, 0.2) is 0 Å². The van der Waals surface area contributed by atoms with Crippen LogP contribution < -0.4 is 15.4 Å². The molecule has 1 aliphatic rings. The fraction of sp³-hybridized carbons (Fsp3) is 0.529. The number of rotatable bonds is 5. The Morgan fingerprint density at radius 1 is 1.40 bits per heavy atom. The summed E-state index contributed by atoms with van der Waals surface area (Å²) in [5.74, 6) is -0.735. The molecule has 1 heterocycles. The van der Waals surface area contributed by atoms with Gasteiger partial charge in [0.1, 0.15) is 5.75 Å². The molecule has 0 aromatic heterocycles. The smallest absolute Gasteiger partial charge is 0.416 e. The predicted molar refractivity (Wildman–Crippen MR) is 85.3 cm³/mol. The van der Waals surface area contributed by atoms with Crippen LogP contribution >= 0.6 is 0 Å². The van der Waals surface area contributed by atoms with Crippen molar-refractivity contribution >= 4 is 11.8 Å². The van der Waals surface area contributed by atoms with Crippen molar-refractivity contribution in [1.82, 2.24) is 10.6 Å². The van der Waals surface area contributed by atoms with Crippen LogP contribution in [-0.4, -0.2) is 31.0 Å². The van der Waals surface area contributed by atoms with Gasteiger partial charge in [-0.1, -0.05) is 13.8 Å². The van der Waals surface area contributed by atoms with Crippen molar-refractivity contribution in [1.29, 1.82) is 0 Å². The van der Waals surface area contributed by atoms with Crippen molar-refractivity contribution < 1.29 is 27.5 Å². The fourth-order valence-corrected chi connectivity index (χ4v) is 2.43. The number of hydrogen-bond donors (Lipinski definition) is 2. The molecule has 1 saturated heterocycles. The Balaban J connectivity index is 2.21. The molecule has 25 heavy (non-hydrogen) atoms. The number of carbonyl (C=O) groups excluding carboxylic acids is 2. The Morgan fingerprint density at radius 2 is 2.12 bits per heavy atom. The van der Waals surface area contributed by atoms with Crippen LogP contribution in [0.15, 0.2) is 18.2 Å². The van der Waals surface area contributed by atoms with Gasteiger partial charge in [0.2, 0.25) is 5.91 Å². The van der Waals surface area contributed by atoms with E-state index in [1.54, 1.807) is 0 Å². The third-order valence-corrected chi connectivity index (χ3v) is 3.71. The average Bonchev–Trinajstić information content (AvgIpc) is 2.51. The molecule has 1 atom stereocenters. The van der Waals surface area contributed by atoms with E-state index in [2.05, 4.69) is 10.6 Å². The SMILES string of the molecule is CC(C)COc1cc(C(F)(F)F)ccc1C(=O)NC1CCNC(=O)C1. The first kappa shape index (κ1) is 19.1. The highest BCUT2D eigenvalue weighted by Crippen LogP contribution is 2.33. The van der Waals surface area contributed by atoms with Gasteiger partial charge in [-0.25, -0.2) is 0 Å². The highest BCUT2D eigenvalue weighted by molar-refractivity contribution is 5.97. The lowest BCUT2D eigenvalue weighted by Gasteiger charge is -2.24. The highest BCUT2D eigenvalue weighted by atomic mass is 19.4. The molecular weight excluding hydrogens is 337 g/mol. The van der Waals surface area contributed by atoms with Crippen LogP contribution in [0.3, 0.4) is 0 Å². The third kappa shape index (κ3) is 5.37. The molecule has 1 aliphatic heterocycles. The fourth-order valence-electron chi connectivity index (χ4n) is 2.43. The van der Waals surface area contributed by atoms with Crippen LogP contribution in [0.5, 0.6) is 5.75 Å². The topological polar surface area (TPSA) is 67.4 Å². The first-order chi connectivity index (χ1) is 11.7. The highest BCUT2D eigenvalue weighted by Gasteiger charge is 2.32. The van der Waals surface area contributed by atoms with Gasteiger partial charge in [-0.3, -0.25) is 9.59 Å². The molecule has 5 nitrogen and oxygen atoms in total. The molecule has 0 bridgehead atoms. The molecule has 138 valence electrons. The summed E-state index contributed by atoms with van der Waals surface area (Å²) in [4.78, 5) is 23.8. The summed E-state index contributed by atoms with van der Waals surface area (Å²) in [6, 6.07) is 2.45. The predicted octanol–water partition coefficient (Wildman–Crippen LogP) is 2.75. The average molecular weight is 358 g/mol. The minimum absolute atomic E-state index is 0.0274. The van der Waals surface area contributed by atoms with Crippen molar-refractivity contribution in [3.63, 3.8) is 0 Å². The maximum Gasteiger partial charge on any atom is 0.416 e. The molecule has 0 spiro atoms. The number of alkyl halides is 3. The summed E-state index contributed by atoms with van der Waals surface area (Å²) in [7, 11) is 0. The standard InChI is InChI=1S/C17H21F3N2O3/c1-10(2)9-25-14-7-11(17(18,19)20)3-4-13(14)16(24)22-12-5-6-21-15(23)8-12/h3-4,7,10,12H,5-6,8-9H2,1-2H3,(H,21,23)(H,22,24). The number of halogens is 3. The third-order valence-electron chi connectivity index (χ3n) is 3.71. The normalized spacial score (nSPS) is 18.0. The van der Waals surface area contributed by atoms with Gasteiger partial charge in [-0.05, 0) is 30.5 Å². The summed E-state index contributed by atoms with van der Waals surface area (Å²) in [5, 5.41) is 5.34. The van der Waals surface area contributed by atoms with Crippen LogP contribution in [-0.2, 0) is 11.0 Å². The molecule has 2 N–H and O–H groups in total. The summed E-state index contributed by atoms with van der Waals surface area (Å²) in [6.07, 6.45) is -3.80. The van der Waals surface area contributed by atoms with E-state index in [0.29, 0.717) is 13.0 Å². The lowest BCUT2D eigenvalue weighted by Crippen LogP contribution is -2.45. The maximum atomic E-state index is 12.9. The second-order valence-corrected chi connectivity index (χ2v) is 6.43. The summed E-state index contributed by atoms with van der Waals surface area (Å²) < 4.78 is 44.2. The monoisotopic (exact) mass is 358 g/mol. The van der Waals surface area contributed by atoms with E-state index in [4.69, 9.17) is 4.74 Å². The number of piperidine rings is 1. The largest absolute Gasteiger partial charge is 0.492 e. The Bertz CT molecular complexity index is 645. The van der Waals surface area contributed by atoms with Crippen LogP contribution in [0.2, 0.25) is 0 Å². The zero-order valence-electron chi connectivity index (χ0n) is 14.1. The van der Waals surface area contributed by atoms with Crippen LogP contribution in [0.25, 0.3) is 0 Å². The van der Waals surface area contributed by atoms with Gasteiger partial charge in [0.05, 0.1) is 17.7 Å². The van der Waals surface area contributed by atoms with Crippen LogP contribution in [0, 0.1) is 5.92 Å². The molecule has 1 fully saturated rings. The minimum Gasteiger partial charge on any atom is -0.492 e. The zero-order valence-corrected chi connectivity index (χ0v) is 14.1. The number of benzene rings is 1. The molecular formula is C17H21F3N2O3. The van der Waals surface area contributed by atoms with Crippen molar-refractivity contribution in [2.24, 2.45) is 5.92 Å². The number of nitrogens with one attached hydrogen (secondary N) is 2. The Morgan fingerprint density at radius 3 is 2.72 bits per heavy atom. The number of ether oxygens (including phenoxy) is 1. The molecule has 2 rings (SSSR count). The van der Waals surface area contributed by atoms with Gasteiger partial charge in [-0.2, -0.15) is 13.2 Å². The van der Waals surface area contributed by atoms with E-state index >= 15 is 0 Å². The molecule has 0 radical (unpaired) electrons. The van der Waals surface area contributed by atoms with Crippen LogP contribution in [0.1, 0.15) is 42.6 Å². The van der Waals surface area contributed by atoms with Gasteiger partial charge in [0.25, 0.3) is 5.91 Å². The zero-order chi connectivity index (χ0) is 18.6. The number of hydrogen-bond acceptors (Lipinski definition) is 3. The van der Waals surface area contributed by atoms with E-state index in [0.717, 1.165) is 18.2 Å². The summed E-state index contributed by atoms with van der Waals surface area (Å²) in [6.45, 7) is 4.35. The first-order valence-corrected chi connectivity index (χ1v) is 8.08. The number of amides is 2. The van der Waals surface area contributed by atoms with Gasteiger partial charge >= 0.3 is 6.18 Å². The van der Waals surface area contributed by atoms with E-state index in [-0.39, 0.29) is 42.2 Å². The van der Waals surface area contributed by atoms with Crippen molar-refractivity contribution in [3.05, 3.63) is 29.3 Å². The van der Waals surface area contributed by atoms with E-state index < -0.39 is 17.6 Å². The molecule has 1 aromatic rings. The van der Waals surface area contributed by atoms with Crippen molar-refractivity contribution in [2.45, 2.75) is 38.9 Å². The molecule has 1 unspecified atom stereocenters. The van der Waals surface area contributed by atoms with E-state index in [9.17, 15) is 22.8 Å². The minimum atomic E-state index is -4.52. The van der Waals surface area contributed by atoms with Gasteiger partial charge < -0.3 is 15.4 Å². The molecule has 1 aromatic carbocycles. The second-order valence-electron chi connectivity index (χ2n) is 6.43. The molecule has 0 saturated carbocycles. The Labute approximate surface area is 143 Å². The van der Waals surface area contributed by atoms with E-state index in [1.165, 1.54) is 0 Å². The molecule has 2 amide bonds. The summed E-state index contributed by atoms with van der Waals surface area (Å²) in [5.41, 5.74) is -0.848. The maximum absolute atomic E-state index is 12.9. The Kier molecular flexibility index (Phi) is 5.92. The summed E-state index contributed by atoms with van der Waals surface area (Å²) >= 11 is 0. The van der Waals surface area contributed by atoms with Crippen LogP contribution in [0.4, 0.5) is 13.2 Å². The van der Waals surface area contributed by atoms with Crippen molar-refractivity contribution in [3.8, 4) is 5.75 Å².